The van der Waals surface area contributed by atoms with Crippen molar-refractivity contribution in [2.45, 2.75) is 32.7 Å². The van der Waals surface area contributed by atoms with Crippen molar-refractivity contribution in [3.63, 3.8) is 0 Å². The summed E-state index contributed by atoms with van der Waals surface area (Å²) in [5.41, 5.74) is 2.55. The number of nitro benzene ring substituents is 1. The Balaban J connectivity index is 1.52. The van der Waals surface area contributed by atoms with Gasteiger partial charge in [-0.25, -0.2) is 9.59 Å². The van der Waals surface area contributed by atoms with Crippen molar-refractivity contribution in [2.24, 2.45) is 0 Å². The number of imide groups is 1. The standard InChI is InChI=1S/C21H22N4O6/c1-12-3-5-16(9-13(12)2)23-21(28)24-19(26)11-31-20(27)14-4-8-17(22-15-6-7-15)18(10-14)25(29)30/h3-5,8-10,15,22H,6-7,11H2,1-2H3,(H2,23,24,26,28). The third-order valence-electron chi connectivity index (χ3n) is 4.72. The van der Waals surface area contributed by atoms with Crippen LogP contribution in [0.2, 0.25) is 0 Å². The van der Waals surface area contributed by atoms with E-state index in [4.69, 9.17) is 4.74 Å². The lowest BCUT2D eigenvalue weighted by atomic mass is 10.1. The molecule has 1 aliphatic rings. The maximum absolute atomic E-state index is 12.2. The lowest BCUT2D eigenvalue weighted by Crippen LogP contribution is -2.37. The average molecular weight is 426 g/mol. The van der Waals surface area contributed by atoms with E-state index < -0.39 is 29.4 Å². The van der Waals surface area contributed by atoms with Crippen molar-refractivity contribution >= 4 is 35.0 Å². The summed E-state index contributed by atoms with van der Waals surface area (Å²) in [6, 6.07) is 8.63. The second-order valence-electron chi connectivity index (χ2n) is 7.29. The highest BCUT2D eigenvalue weighted by Crippen LogP contribution is 2.31. The molecule has 0 aromatic heterocycles. The summed E-state index contributed by atoms with van der Waals surface area (Å²) >= 11 is 0. The van der Waals surface area contributed by atoms with Crippen LogP contribution < -0.4 is 16.0 Å². The number of carbonyl (C=O) groups is 3. The van der Waals surface area contributed by atoms with Gasteiger partial charge in [-0.1, -0.05) is 6.07 Å². The van der Waals surface area contributed by atoms with Gasteiger partial charge in [0.05, 0.1) is 10.5 Å². The number of aryl methyl sites for hydroxylation is 2. The van der Waals surface area contributed by atoms with Crippen LogP contribution in [0.25, 0.3) is 0 Å². The van der Waals surface area contributed by atoms with Crippen molar-refractivity contribution in [3.8, 4) is 0 Å². The third-order valence-corrected chi connectivity index (χ3v) is 4.72. The van der Waals surface area contributed by atoms with E-state index in [0.29, 0.717) is 11.4 Å². The molecule has 0 radical (unpaired) electrons. The molecule has 1 aliphatic carbocycles. The van der Waals surface area contributed by atoms with Crippen molar-refractivity contribution in [1.82, 2.24) is 5.32 Å². The Hall–Kier alpha value is -3.95. The number of nitrogens with zero attached hydrogens (tertiary/aromatic N) is 1. The smallest absolute Gasteiger partial charge is 0.338 e. The molecule has 0 heterocycles. The molecule has 2 aromatic rings. The number of esters is 1. The summed E-state index contributed by atoms with van der Waals surface area (Å²) in [7, 11) is 0. The van der Waals surface area contributed by atoms with E-state index in [1.165, 1.54) is 12.1 Å². The van der Waals surface area contributed by atoms with E-state index in [1.54, 1.807) is 12.1 Å². The van der Waals surface area contributed by atoms with Crippen LogP contribution in [0, 0.1) is 24.0 Å². The van der Waals surface area contributed by atoms with Crippen LogP contribution in [0.5, 0.6) is 0 Å². The second kappa shape index (κ2) is 9.24. The Morgan fingerprint density at radius 1 is 1.10 bits per heavy atom. The van der Waals surface area contributed by atoms with Crippen LogP contribution in [-0.4, -0.2) is 35.5 Å². The number of nitrogens with one attached hydrogen (secondary N) is 3. The highest BCUT2D eigenvalue weighted by Gasteiger charge is 2.26. The largest absolute Gasteiger partial charge is 0.452 e. The molecule has 0 atom stereocenters. The summed E-state index contributed by atoms with van der Waals surface area (Å²) in [5, 5.41) is 18.9. The minimum absolute atomic E-state index is 0.0690. The number of benzene rings is 2. The third kappa shape index (κ3) is 6.01. The molecule has 2 aromatic carbocycles. The number of nitro groups is 1. The van der Waals surface area contributed by atoms with Gasteiger partial charge < -0.3 is 15.4 Å². The fraction of sp³-hybridized carbons (Fsp3) is 0.286. The maximum atomic E-state index is 12.2. The molecule has 3 N–H and O–H groups in total. The van der Waals surface area contributed by atoms with Crippen LogP contribution in [0.3, 0.4) is 0 Å². The van der Waals surface area contributed by atoms with Gasteiger partial charge in [-0.15, -0.1) is 0 Å². The van der Waals surface area contributed by atoms with E-state index in [2.05, 4.69) is 16.0 Å². The predicted octanol–water partition coefficient (Wildman–Crippen LogP) is 3.29. The monoisotopic (exact) mass is 426 g/mol. The Bertz CT molecular complexity index is 1050. The van der Waals surface area contributed by atoms with E-state index >= 15 is 0 Å². The van der Waals surface area contributed by atoms with Crippen LogP contribution >= 0.6 is 0 Å². The number of anilines is 2. The maximum Gasteiger partial charge on any atom is 0.338 e. The van der Waals surface area contributed by atoms with Gasteiger partial charge in [0, 0.05) is 17.8 Å². The topological polar surface area (TPSA) is 140 Å². The van der Waals surface area contributed by atoms with Crippen molar-refractivity contribution in [1.29, 1.82) is 0 Å². The SMILES string of the molecule is Cc1ccc(NC(=O)NC(=O)COC(=O)c2ccc(NC3CC3)c([N+](=O)[O-])c2)cc1C. The highest BCUT2D eigenvalue weighted by atomic mass is 16.6. The molecule has 0 spiro atoms. The number of ether oxygens (including phenoxy) is 1. The molecule has 0 unspecified atom stereocenters. The van der Waals surface area contributed by atoms with E-state index in [-0.39, 0.29) is 17.3 Å². The van der Waals surface area contributed by atoms with Crippen molar-refractivity contribution in [3.05, 3.63) is 63.2 Å². The minimum atomic E-state index is -0.911. The predicted molar refractivity (Wildman–Crippen MR) is 113 cm³/mol. The molecule has 3 amide bonds. The van der Waals surface area contributed by atoms with Crippen molar-refractivity contribution in [2.75, 3.05) is 17.2 Å². The molecule has 0 bridgehead atoms. The molecular formula is C21H22N4O6. The average Bonchev–Trinajstić information content (AvgIpc) is 3.53. The lowest BCUT2D eigenvalue weighted by Gasteiger charge is -2.10. The van der Waals surface area contributed by atoms with Gasteiger partial charge >= 0.3 is 12.0 Å². The molecule has 0 saturated heterocycles. The fourth-order valence-electron chi connectivity index (χ4n) is 2.74. The summed E-state index contributed by atoms with van der Waals surface area (Å²) < 4.78 is 4.87. The van der Waals surface area contributed by atoms with Crippen molar-refractivity contribution < 1.29 is 24.0 Å². The molecule has 0 aliphatic heterocycles. The van der Waals surface area contributed by atoms with Gasteiger partial charge in [0.25, 0.3) is 11.6 Å². The number of hydrogen-bond acceptors (Lipinski definition) is 7. The highest BCUT2D eigenvalue weighted by molar-refractivity contribution is 6.02. The molecule has 31 heavy (non-hydrogen) atoms. The normalized spacial score (nSPS) is 12.6. The molecule has 10 heteroatoms. The summed E-state index contributed by atoms with van der Waals surface area (Å²) in [5.74, 6) is -1.75. The number of urea groups is 1. The zero-order valence-corrected chi connectivity index (χ0v) is 17.1. The van der Waals surface area contributed by atoms with E-state index in [9.17, 15) is 24.5 Å². The van der Waals surface area contributed by atoms with Gasteiger partial charge in [0.15, 0.2) is 6.61 Å². The van der Waals surface area contributed by atoms with Crippen LogP contribution in [0.1, 0.15) is 34.3 Å². The Morgan fingerprint density at radius 3 is 2.48 bits per heavy atom. The summed E-state index contributed by atoms with van der Waals surface area (Å²) in [6.07, 6.45) is 1.88. The fourth-order valence-corrected chi connectivity index (χ4v) is 2.74. The molecular weight excluding hydrogens is 404 g/mol. The summed E-state index contributed by atoms with van der Waals surface area (Å²) in [4.78, 5) is 46.7. The Kier molecular flexibility index (Phi) is 6.49. The zero-order valence-electron chi connectivity index (χ0n) is 17.1. The second-order valence-corrected chi connectivity index (χ2v) is 7.29. The van der Waals surface area contributed by atoms with Gasteiger partial charge in [0.1, 0.15) is 5.69 Å². The lowest BCUT2D eigenvalue weighted by molar-refractivity contribution is -0.384. The Labute approximate surface area is 178 Å². The quantitative estimate of drug-likeness (QED) is 0.351. The first-order valence-corrected chi connectivity index (χ1v) is 9.63. The van der Waals surface area contributed by atoms with Gasteiger partial charge in [0.2, 0.25) is 0 Å². The first kappa shape index (κ1) is 21.8. The number of rotatable bonds is 7. The Morgan fingerprint density at radius 2 is 1.84 bits per heavy atom. The number of amides is 3. The number of hydrogen-bond donors (Lipinski definition) is 3. The molecule has 1 saturated carbocycles. The van der Waals surface area contributed by atoms with Crippen LogP contribution in [0.4, 0.5) is 21.9 Å². The molecule has 10 nitrogen and oxygen atoms in total. The van der Waals surface area contributed by atoms with E-state index in [0.717, 1.165) is 30.0 Å². The first-order chi connectivity index (χ1) is 14.7. The van der Waals surface area contributed by atoms with Crippen LogP contribution in [-0.2, 0) is 9.53 Å². The zero-order chi connectivity index (χ0) is 22.5. The molecule has 162 valence electrons. The van der Waals surface area contributed by atoms with Crippen LogP contribution in [0.15, 0.2) is 36.4 Å². The first-order valence-electron chi connectivity index (χ1n) is 9.63. The summed E-state index contributed by atoms with van der Waals surface area (Å²) in [6.45, 7) is 3.11. The number of carbonyl (C=O) groups excluding carboxylic acids is 3. The van der Waals surface area contributed by atoms with Gasteiger partial charge in [-0.2, -0.15) is 0 Å². The molecule has 3 rings (SSSR count). The molecule has 1 fully saturated rings. The van der Waals surface area contributed by atoms with Gasteiger partial charge in [-0.05, 0) is 62.1 Å². The minimum Gasteiger partial charge on any atom is -0.452 e. The van der Waals surface area contributed by atoms with Gasteiger partial charge in [-0.3, -0.25) is 20.2 Å². The van der Waals surface area contributed by atoms with E-state index in [1.807, 2.05) is 19.9 Å².